The smallest absolute Gasteiger partial charge is 0.243 e. The number of aryl methyl sites for hydroxylation is 1. The van der Waals surface area contributed by atoms with Gasteiger partial charge in [0.05, 0.1) is 16.5 Å². The highest BCUT2D eigenvalue weighted by Gasteiger charge is 2.22. The Labute approximate surface area is 125 Å². The summed E-state index contributed by atoms with van der Waals surface area (Å²) in [6.07, 6.45) is 0. The summed E-state index contributed by atoms with van der Waals surface area (Å²) in [5.41, 5.74) is 6.97. The van der Waals surface area contributed by atoms with Crippen molar-refractivity contribution in [2.45, 2.75) is 25.7 Å². The largest absolute Gasteiger partial charge is 0.386 e. The molecule has 0 spiro atoms. The molecule has 0 aliphatic carbocycles. The third kappa shape index (κ3) is 3.71. The van der Waals surface area contributed by atoms with Crippen LogP contribution in [0.4, 0.5) is 5.69 Å². The first-order chi connectivity index (χ1) is 9.36. The predicted molar refractivity (Wildman–Crippen MR) is 83.3 cm³/mol. The third-order valence-corrected chi connectivity index (χ3v) is 5.24. The van der Waals surface area contributed by atoms with Crippen molar-refractivity contribution in [2.24, 2.45) is 10.7 Å². The molecule has 0 atom stereocenters. The number of halogens is 1. The molecule has 0 aromatic heterocycles. The molecule has 0 aliphatic heterocycles. The van der Waals surface area contributed by atoms with Gasteiger partial charge in [0, 0.05) is 13.1 Å². The SMILES string of the molecule is CCN(CC)S(=O)(=O)c1ccc(C)c(N=C(N)CCl)c1. The van der Waals surface area contributed by atoms with Gasteiger partial charge >= 0.3 is 0 Å². The highest BCUT2D eigenvalue weighted by Crippen LogP contribution is 2.25. The van der Waals surface area contributed by atoms with Crippen LogP contribution in [-0.4, -0.2) is 37.5 Å². The standard InChI is InChI=1S/C13H20ClN3O2S/c1-4-17(5-2)20(18,19)11-7-6-10(3)12(8-11)16-13(15)9-14/h6-8H,4-5,9H2,1-3H3,(H2,15,16). The number of nitrogens with two attached hydrogens (primary N) is 1. The molecular formula is C13H20ClN3O2S. The van der Waals surface area contributed by atoms with Gasteiger partial charge in [0.15, 0.2) is 0 Å². The van der Waals surface area contributed by atoms with E-state index in [0.29, 0.717) is 18.8 Å². The van der Waals surface area contributed by atoms with Crippen LogP contribution in [0.3, 0.4) is 0 Å². The summed E-state index contributed by atoms with van der Waals surface area (Å²) in [7, 11) is -3.49. The molecule has 112 valence electrons. The van der Waals surface area contributed by atoms with Crippen molar-refractivity contribution in [2.75, 3.05) is 19.0 Å². The van der Waals surface area contributed by atoms with E-state index in [1.807, 2.05) is 6.92 Å². The van der Waals surface area contributed by atoms with E-state index in [2.05, 4.69) is 4.99 Å². The summed E-state index contributed by atoms with van der Waals surface area (Å²) in [6, 6.07) is 4.83. The van der Waals surface area contributed by atoms with E-state index >= 15 is 0 Å². The fraction of sp³-hybridized carbons (Fsp3) is 0.462. The van der Waals surface area contributed by atoms with E-state index in [4.69, 9.17) is 17.3 Å². The normalized spacial score (nSPS) is 12.9. The summed E-state index contributed by atoms with van der Waals surface area (Å²) >= 11 is 5.60. The number of alkyl halides is 1. The number of benzene rings is 1. The molecule has 0 saturated carbocycles. The minimum atomic E-state index is -3.49. The van der Waals surface area contributed by atoms with Gasteiger partial charge in [-0.15, -0.1) is 11.6 Å². The van der Waals surface area contributed by atoms with Crippen LogP contribution in [0.5, 0.6) is 0 Å². The van der Waals surface area contributed by atoms with Crippen LogP contribution in [-0.2, 0) is 10.0 Å². The maximum absolute atomic E-state index is 12.4. The van der Waals surface area contributed by atoms with Crippen LogP contribution in [0, 0.1) is 6.92 Å². The van der Waals surface area contributed by atoms with E-state index in [1.54, 1.807) is 26.0 Å². The number of aliphatic imine (C=N–C) groups is 1. The van der Waals surface area contributed by atoms with E-state index < -0.39 is 10.0 Å². The van der Waals surface area contributed by atoms with Crippen LogP contribution < -0.4 is 5.73 Å². The Hall–Kier alpha value is -1.11. The molecule has 0 bridgehead atoms. The zero-order chi connectivity index (χ0) is 15.3. The lowest BCUT2D eigenvalue weighted by Crippen LogP contribution is -2.30. The minimum absolute atomic E-state index is 0.104. The maximum atomic E-state index is 12.4. The lowest BCUT2D eigenvalue weighted by molar-refractivity contribution is 0.445. The van der Waals surface area contributed by atoms with Crippen LogP contribution in [0.1, 0.15) is 19.4 Å². The fourth-order valence-electron chi connectivity index (χ4n) is 1.77. The number of sulfonamides is 1. The predicted octanol–water partition coefficient (Wildman–Crippen LogP) is 2.25. The Morgan fingerprint density at radius 2 is 1.95 bits per heavy atom. The molecule has 0 fully saturated rings. The highest BCUT2D eigenvalue weighted by atomic mass is 35.5. The second-order valence-electron chi connectivity index (χ2n) is 4.27. The molecule has 0 unspecified atom stereocenters. The van der Waals surface area contributed by atoms with Crippen molar-refractivity contribution >= 4 is 33.1 Å². The molecule has 0 heterocycles. The molecule has 0 saturated heterocycles. The zero-order valence-corrected chi connectivity index (χ0v) is 13.5. The summed E-state index contributed by atoms with van der Waals surface area (Å²) in [5, 5.41) is 0. The zero-order valence-electron chi connectivity index (χ0n) is 11.9. The molecule has 0 radical (unpaired) electrons. The Bertz CT molecular complexity index is 596. The molecule has 2 N–H and O–H groups in total. The quantitative estimate of drug-likeness (QED) is 0.496. The van der Waals surface area contributed by atoms with E-state index in [-0.39, 0.29) is 16.6 Å². The Kier molecular flexibility index (Phi) is 5.98. The van der Waals surface area contributed by atoms with Crippen molar-refractivity contribution in [3.63, 3.8) is 0 Å². The molecule has 1 aromatic carbocycles. The average Bonchev–Trinajstić information content (AvgIpc) is 2.41. The van der Waals surface area contributed by atoms with Crippen molar-refractivity contribution in [3.05, 3.63) is 23.8 Å². The molecule has 1 rings (SSSR count). The molecule has 0 amide bonds. The highest BCUT2D eigenvalue weighted by molar-refractivity contribution is 7.89. The topological polar surface area (TPSA) is 75.8 Å². The molecule has 0 aliphatic rings. The van der Waals surface area contributed by atoms with E-state index in [1.165, 1.54) is 10.4 Å². The van der Waals surface area contributed by atoms with Gasteiger partial charge in [-0.1, -0.05) is 19.9 Å². The average molecular weight is 318 g/mol. The van der Waals surface area contributed by atoms with Crippen molar-refractivity contribution < 1.29 is 8.42 Å². The van der Waals surface area contributed by atoms with Crippen molar-refractivity contribution in [3.8, 4) is 0 Å². The van der Waals surface area contributed by atoms with Crippen molar-refractivity contribution in [1.29, 1.82) is 0 Å². The van der Waals surface area contributed by atoms with Crippen LogP contribution >= 0.6 is 11.6 Å². The van der Waals surface area contributed by atoms with Gasteiger partial charge in [-0.3, -0.25) is 0 Å². The van der Waals surface area contributed by atoms with Gasteiger partial charge in [-0.25, -0.2) is 13.4 Å². The molecular weight excluding hydrogens is 298 g/mol. The van der Waals surface area contributed by atoms with Gasteiger partial charge in [0.1, 0.15) is 5.84 Å². The van der Waals surface area contributed by atoms with Gasteiger partial charge in [0.25, 0.3) is 0 Å². The van der Waals surface area contributed by atoms with Gasteiger partial charge in [-0.05, 0) is 24.6 Å². The maximum Gasteiger partial charge on any atom is 0.243 e. The molecule has 1 aromatic rings. The summed E-state index contributed by atoms with van der Waals surface area (Å²) < 4.78 is 26.3. The first-order valence-electron chi connectivity index (χ1n) is 6.36. The lowest BCUT2D eigenvalue weighted by atomic mass is 10.2. The summed E-state index contributed by atoms with van der Waals surface area (Å²) in [6.45, 7) is 6.30. The van der Waals surface area contributed by atoms with Gasteiger partial charge < -0.3 is 5.73 Å². The lowest BCUT2D eigenvalue weighted by Gasteiger charge is -2.18. The van der Waals surface area contributed by atoms with E-state index in [0.717, 1.165) is 5.56 Å². The Morgan fingerprint density at radius 1 is 1.35 bits per heavy atom. The third-order valence-electron chi connectivity index (χ3n) is 2.92. The molecule has 7 heteroatoms. The molecule has 20 heavy (non-hydrogen) atoms. The first-order valence-corrected chi connectivity index (χ1v) is 8.34. The van der Waals surface area contributed by atoms with Gasteiger partial charge in [0.2, 0.25) is 10.0 Å². The number of rotatable bonds is 6. The summed E-state index contributed by atoms with van der Waals surface area (Å²) in [4.78, 5) is 4.36. The number of hydrogen-bond donors (Lipinski definition) is 1. The number of hydrogen-bond acceptors (Lipinski definition) is 3. The minimum Gasteiger partial charge on any atom is -0.386 e. The van der Waals surface area contributed by atoms with Crippen LogP contribution in [0.15, 0.2) is 28.1 Å². The van der Waals surface area contributed by atoms with E-state index in [9.17, 15) is 8.42 Å². The Balaban J connectivity index is 3.32. The first kappa shape index (κ1) is 16.9. The fourth-order valence-corrected chi connectivity index (χ4v) is 3.31. The summed E-state index contributed by atoms with van der Waals surface area (Å²) in [5.74, 6) is 0.360. The molecule has 5 nitrogen and oxygen atoms in total. The monoisotopic (exact) mass is 317 g/mol. The van der Waals surface area contributed by atoms with Crippen molar-refractivity contribution in [1.82, 2.24) is 4.31 Å². The Morgan fingerprint density at radius 3 is 2.45 bits per heavy atom. The van der Waals surface area contributed by atoms with Crippen LogP contribution in [0.2, 0.25) is 0 Å². The second kappa shape index (κ2) is 7.06. The number of nitrogens with zero attached hydrogens (tertiary/aromatic N) is 2. The van der Waals surface area contributed by atoms with Crippen LogP contribution in [0.25, 0.3) is 0 Å². The number of amidine groups is 1. The van der Waals surface area contributed by atoms with Gasteiger partial charge in [-0.2, -0.15) is 4.31 Å². The second-order valence-corrected chi connectivity index (χ2v) is 6.48.